The second-order valence-corrected chi connectivity index (χ2v) is 4.86. The van der Waals surface area contributed by atoms with E-state index in [1.807, 2.05) is 24.3 Å². The monoisotopic (exact) mass is 271 g/mol. The quantitative estimate of drug-likeness (QED) is 0.866. The number of nitriles is 1. The minimum atomic E-state index is 0.543. The molecule has 0 saturated heterocycles. The molecule has 2 N–H and O–H groups in total. The van der Waals surface area contributed by atoms with Crippen LogP contribution in [0.25, 0.3) is 0 Å². The lowest BCUT2D eigenvalue weighted by Gasteiger charge is -2.06. The van der Waals surface area contributed by atoms with Gasteiger partial charge in [-0.1, -0.05) is 6.07 Å². The summed E-state index contributed by atoms with van der Waals surface area (Å²) in [6.45, 7) is 0. The third-order valence-corrected chi connectivity index (χ3v) is 3.55. The molecular formula is C14H13N3OS. The van der Waals surface area contributed by atoms with E-state index < -0.39 is 0 Å². The number of benzene rings is 1. The molecule has 0 spiro atoms. The Balaban J connectivity index is 2.07. The molecule has 0 unspecified atom stereocenters. The second kappa shape index (κ2) is 6.12. The Kier molecular flexibility index (Phi) is 4.26. The fourth-order valence-electron chi connectivity index (χ4n) is 1.55. The lowest BCUT2D eigenvalue weighted by molar-refractivity contribution is 0.413. The van der Waals surface area contributed by atoms with Crippen LogP contribution in [0, 0.1) is 11.3 Å². The normalized spacial score (nSPS) is 9.89. The van der Waals surface area contributed by atoms with E-state index in [1.54, 1.807) is 31.1 Å². The minimum absolute atomic E-state index is 0.543. The van der Waals surface area contributed by atoms with Gasteiger partial charge < -0.3 is 10.5 Å². The molecule has 0 amide bonds. The molecule has 96 valence electrons. The number of nitrogens with zero attached hydrogens (tertiary/aromatic N) is 2. The lowest BCUT2D eigenvalue weighted by atomic mass is 10.1. The summed E-state index contributed by atoms with van der Waals surface area (Å²) in [7, 11) is 1.56. The molecule has 0 aliphatic rings. The van der Waals surface area contributed by atoms with Gasteiger partial charge in [0, 0.05) is 5.75 Å². The van der Waals surface area contributed by atoms with Crippen molar-refractivity contribution in [2.75, 3.05) is 12.8 Å². The highest BCUT2D eigenvalue weighted by Crippen LogP contribution is 2.25. The van der Waals surface area contributed by atoms with E-state index in [0.717, 1.165) is 16.3 Å². The van der Waals surface area contributed by atoms with Crippen LogP contribution < -0.4 is 10.5 Å². The third kappa shape index (κ3) is 3.39. The Morgan fingerprint density at radius 3 is 2.84 bits per heavy atom. The van der Waals surface area contributed by atoms with Crippen molar-refractivity contribution < 1.29 is 4.74 Å². The molecule has 1 aromatic heterocycles. The van der Waals surface area contributed by atoms with Crippen molar-refractivity contribution in [3.05, 3.63) is 47.7 Å². The molecule has 0 aliphatic heterocycles. The standard InChI is InChI=1S/C14H13N3OS/c1-18-13-6-10(2-3-11(13)7-15)9-19-14-5-4-12(16)8-17-14/h2-6,8H,9,16H2,1H3. The molecule has 0 bridgehead atoms. The number of nitrogen functional groups attached to an aromatic ring is 1. The van der Waals surface area contributed by atoms with Crippen molar-refractivity contribution in [3.63, 3.8) is 0 Å². The highest BCUT2D eigenvalue weighted by Gasteiger charge is 2.04. The van der Waals surface area contributed by atoms with Crippen LogP contribution in [0.4, 0.5) is 5.69 Å². The van der Waals surface area contributed by atoms with Gasteiger partial charge in [-0.15, -0.1) is 11.8 Å². The van der Waals surface area contributed by atoms with Gasteiger partial charge in [-0.2, -0.15) is 5.26 Å². The predicted molar refractivity (Wildman–Crippen MR) is 75.9 cm³/mol. The first-order valence-electron chi connectivity index (χ1n) is 5.64. The maximum atomic E-state index is 8.92. The molecule has 0 aliphatic carbocycles. The number of hydrogen-bond donors (Lipinski definition) is 1. The van der Waals surface area contributed by atoms with E-state index >= 15 is 0 Å². The number of nitrogens with two attached hydrogens (primary N) is 1. The molecule has 4 nitrogen and oxygen atoms in total. The summed E-state index contributed by atoms with van der Waals surface area (Å²) in [5, 5.41) is 9.83. The van der Waals surface area contributed by atoms with Crippen LogP contribution in [-0.4, -0.2) is 12.1 Å². The van der Waals surface area contributed by atoms with Gasteiger partial charge in [0.25, 0.3) is 0 Å². The van der Waals surface area contributed by atoms with E-state index in [9.17, 15) is 0 Å². The SMILES string of the molecule is COc1cc(CSc2ccc(N)cn2)ccc1C#N. The summed E-state index contributed by atoms with van der Waals surface area (Å²) in [6.07, 6.45) is 1.64. The molecular weight excluding hydrogens is 258 g/mol. The number of anilines is 1. The van der Waals surface area contributed by atoms with Crippen molar-refractivity contribution in [2.45, 2.75) is 10.8 Å². The number of aromatic nitrogens is 1. The van der Waals surface area contributed by atoms with Crippen LogP contribution in [0.3, 0.4) is 0 Å². The first-order valence-corrected chi connectivity index (χ1v) is 6.63. The fraction of sp³-hybridized carbons (Fsp3) is 0.143. The Hall–Kier alpha value is -2.19. The van der Waals surface area contributed by atoms with Crippen LogP contribution in [0.2, 0.25) is 0 Å². The van der Waals surface area contributed by atoms with E-state index in [0.29, 0.717) is 17.0 Å². The van der Waals surface area contributed by atoms with Gasteiger partial charge in [-0.05, 0) is 29.8 Å². The zero-order valence-electron chi connectivity index (χ0n) is 10.5. The van der Waals surface area contributed by atoms with E-state index in [-0.39, 0.29) is 0 Å². The van der Waals surface area contributed by atoms with E-state index in [2.05, 4.69) is 11.1 Å². The van der Waals surface area contributed by atoms with Gasteiger partial charge in [0.15, 0.2) is 0 Å². The van der Waals surface area contributed by atoms with E-state index in [4.69, 9.17) is 15.7 Å². The molecule has 0 saturated carbocycles. The highest BCUT2D eigenvalue weighted by molar-refractivity contribution is 7.98. The van der Waals surface area contributed by atoms with Crippen molar-refractivity contribution in [2.24, 2.45) is 0 Å². The highest BCUT2D eigenvalue weighted by atomic mass is 32.2. The van der Waals surface area contributed by atoms with Gasteiger partial charge in [0.2, 0.25) is 0 Å². The molecule has 0 atom stereocenters. The first kappa shape index (κ1) is 13.2. The van der Waals surface area contributed by atoms with Crippen molar-refractivity contribution in [1.29, 1.82) is 5.26 Å². The summed E-state index contributed by atoms with van der Waals surface area (Å²) in [5.41, 5.74) is 7.87. The molecule has 1 heterocycles. The van der Waals surface area contributed by atoms with Crippen LogP contribution in [0.5, 0.6) is 5.75 Å². The summed E-state index contributed by atoms with van der Waals surface area (Å²) in [6, 6.07) is 11.4. The number of hydrogen-bond acceptors (Lipinski definition) is 5. The Labute approximate surface area is 116 Å². The van der Waals surface area contributed by atoms with Crippen LogP contribution in [0.15, 0.2) is 41.6 Å². The third-order valence-electron chi connectivity index (χ3n) is 2.53. The average molecular weight is 271 g/mol. The zero-order valence-corrected chi connectivity index (χ0v) is 11.3. The molecule has 1 aromatic carbocycles. The average Bonchev–Trinajstić information content (AvgIpc) is 2.46. The van der Waals surface area contributed by atoms with Crippen molar-refractivity contribution in [1.82, 2.24) is 4.98 Å². The fourth-order valence-corrected chi connectivity index (χ4v) is 2.34. The van der Waals surface area contributed by atoms with Gasteiger partial charge in [-0.25, -0.2) is 4.98 Å². The Morgan fingerprint density at radius 2 is 2.21 bits per heavy atom. The molecule has 0 fully saturated rings. The number of thioether (sulfide) groups is 1. The van der Waals surface area contributed by atoms with Gasteiger partial charge in [0.05, 0.1) is 29.6 Å². The molecule has 5 heteroatoms. The summed E-state index contributed by atoms with van der Waals surface area (Å²) >= 11 is 1.61. The van der Waals surface area contributed by atoms with Crippen LogP contribution >= 0.6 is 11.8 Å². The van der Waals surface area contributed by atoms with Crippen LogP contribution in [0.1, 0.15) is 11.1 Å². The van der Waals surface area contributed by atoms with E-state index in [1.165, 1.54) is 0 Å². The molecule has 0 radical (unpaired) electrons. The summed E-state index contributed by atoms with van der Waals surface area (Å²) in [4.78, 5) is 4.22. The lowest BCUT2D eigenvalue weighted by Crippen LogP contribution is -1.91. The van der Waals surface area contributed by atoms with Crippen molar-refractivity contribution in [3.8, 4) is 11.8 Å². The largest absolute Gasteiger partial charge is 0.495 e. The van der Waals surface area contributed by atoms with Gasteiger partial charge >= 0.3 is 0 Å². The van der Waals surface area contributed by atoms with Crippen LogP contribution in [-0.2, 0) is 5.75 Å². The number of rotatable bonds is 4. The number of ether oxygens (including phenoxy) is 1. The zero-order chi connectivity index (χ0) is 13.7. The van der Waals surface area contributed by atoms with Gasteiger partial charge in [-0.3, -0.25) is 0 Å². The molecule has 2 rings (SSSR count). The Morgan fingerprint density at radius 1 is 1.37 bits per heavy atom. The van der Waals surface area contributed by atoms with Gasteiger partial charge in [0.1, 0.15) is 11.8 Å². The maximum Gasteiger partial charge on any atom is 0.136 e. The second-order valence-electron chi connectivity index (χ2n) is 3.86. The number of pyridine rings is 1. The smallest absolute Gasteiger partial charge is 0.136 e. The molecule has 2 aromatic rings. The summed E-state index contributed by atoms with van der Waals surface area (Å²) < 4.78 is 5.18. The Bertz CT molecular complexity index is 605. The first-order chi connectivity index (χ1) is 9.22. The predicted octanol–water partition coefficient (Wildman–Crippen LogP) is 2.84. The maximum absolute atomic E-state index is 8.92. The number of methoxy groups -OCH3 is 1. The topological polar surface area (TPSA) is 71.9 Å². The van der Waals surface area contributed by atoms with Crippen molar-refractivity contribution >= 4 is 17.4 Å². The molecule has 19 heavy (non-hydrogen) atoms. The summed E-state index contributed by atoms with van der Waals surface area (Å²) in [5.74, 6) is 1.37. The minimum Gasteiger partial charge on any atom is -0.495 e.